The number of nitrogens with zero attached hydrogens (tertiary/aromatic N) is 2. The highest BCUT2D eigenvalue weighted by atomic mass is 32.2. The fourth-order valence-corrected chi connectivity index (χ4v) is 5.08. The number of allylic oxidation sites excluding steroid dienone is 1. The third-order valence-corrected chi connectivity index (χ3v) is 6.49. The van der Waals surface area contributed by atoms with Crippen molar-refractivity contribution in [1.29, 1.82) is 0 Å². The second kappa shape index (κ2) is 7.79. The maximum Gasteiger partial charge on any atom is 0.263 e. The van der Waals surface area contributed by atoms with Gasteiger partial charge in [0.1, 0.15) is 11.2 Å². The predicted molar refractivity (Wildman–Crippen MR) is 117 cm³/mol. The van der Waals surface area contributed by atoms with Gasteiger partial charge in [0.15, 0.2) is 5.75 Å². The number of hydrogen-bond donors (Lipinski definition) is 0. The molecule has 138 valence electrons. The van der Waals surface area contributed by atoms with Crippen molar-refractivity contribution in [2.75, 3.05) is 17.7 Å². The largest absolute Gasteiger partial charge is 0.439 e. The Morgan fingerprint density at radius 2 is 1.93 bits per heavy atom. The molecule has 5 heteroatoms. The van der Waals surface area contributed by atoms with E-state index in [1.165, 1.54) is 20.1 Å². The SMILES string of the molecule is CCN1/C(=C/C(=C/c2sc3ccccc3[n+]2CC)SC)Oc2ccccc21. The lowest BCUT2D eigenvalue weighted by molar-refractivity contribution is -0.665. The number of anilines is 1. The smallest absolute Gasteiger partial charge is 0.263 e. The molecular weight excluding hydrogens is 372 g/mol. The molecule has 0 amide bonds. The van der Waals surface area contributed by atoms with Gasteiger partial charge < -0.3 is 9.64 Å². The van der Waals surface area contributed by atoms with Crippen molar-refractivity contribution in [3.05, 3.63) is 70.4 Å². The fourth-order valence-electron chi connectivity index (χ4n) is 3.38. The van der Waals surface area contributed by atoms with Crippen molar-refractivity contribution in [2.45, 2.75) is 20.4 Å². The quantitative estimate of drug-likeness (QED) is 0.518. The first-order chi connectivity index (χ1) is 13.2. The van der Waals surface area contributed by atoms with Gasteiger partial charge in [0.2, 0.25) is 11.4 Å². The summed E-state index contributed by atoms with van der Waals surface area (Å²) in [7, 11) is 0. The Bertz CT molecular complexity index is 1040. The van der Waals surface area contributed by atoms with Crippen molar-refractivity contribution in [2.24, 2.45) is 0 Å². The number of aromatic nitrogens is 1. The van der Waals surface area contributed by atoms with Crippen LogP contribution in [0.2, 0.25) is 0 Å². The molecule has 4 rings (SSSR count). The van der Waals surface area contributed by atoms with Gasteiger partial charge in [0.05, 0.1) is 5.69 Å². The summed E-state index contributed by atoms with van der Waals surface area (Å²) in [6.07, 6.45) is 6.54. The van der Waals surface area contributed by atoms with Gasteiger partial charge in [-0.15, -0.1) is 11.8 Å². The van der Waals surface area contributed by atoms with E-state index in [4.69, 9.17) is 4.74 Å². The maximum absolute atomic E-state index is 6.13. The van der Waals surface area contributed by atoms with E-state index in [1.54, 1.807) is 11.8 Å². The summed E-state index contributed by atoms with van der Waals surface area (Å²) in [5.74, 6) is 1.82. The lowest BCUT2D eigenvalue weighted by Gasteiger charge is -2.15. The van der Waals surface area contributed by atoms with Crippen LogP contribution in [0.4, 0.5) is 5.69 Å². The zero-order valence-electron chi connectivity index (χ0n) is 15.8. The van der Waals surface area contributed by atoms with Crippen LogP contribution in [0.1, 0.15) is 18.9 Å². The highest BCUT2D eigenvalue weighted by molar-refractivity contribution is 8.02. The van der Waals surface area contributed by atoms with Gasteiger partial charge >= 0.3 is 0 Å². The van der Waals surface area contributed by atoms with E-state index in [0.29, 0.717) is 0 Å². The van der Waals surface area contributed by atoms with E-state index in [9.17, 15) is 0 Å². The topological polar surface area (TPSA) is 16.4 Å². The van der Waals surface area contributed by atoms with Crippen LogP contribution in [-0.4, -0.2) is 12.8 Å². The normalized spacial score (nSPS) is 15.4. The minimum Gasteiger partial charge on any atom is -0.439 e. The van der Waals surface area contributed by atoms with E-state index in [0.717, 1.165) is 30.4 Å². The van der Waals surface area contributed by atoms with E-state index >= 15 is 0 Å². The van der Waals surface area contributed by atoms with E-state index < -0.39 is 0 Å². The lowest BCUT2D eigenvalue weighted by atomic mass is 10.3. The molecule has 2 aromatic carbocycles. The number of thiazole rings is 1. The third kappa shape index (κ3) is 3.37. The molecule has 0 unspecified atom stereocenters. The number of hydrogen-bond acceptors (Lipinski definition) is 4. The van der Waals surface area contributed by atoms with Gasteiger partial charge in [-0.3, -0.25) is 0 Å². The van der Waals surface area contributed by atoms with Gasteiger partial charge in [0.25, 0.3) is 5.01 Å². The molecular formula is C22H23N2OS2+. The average Bonchev–Trinajstić information content (AvgIpc) is 3.23. The Labute approximate surface area is 168 Å². The highest BCUT2D eigenvalue weighted by Crippen LogP contribution is 2.39. The molecule has 3 nitrogen and oxygen atoms in total. The minimum atomic E-state index is 0.877. The Balaban J connectivity index is 1.74. The Morgan fingerprint density at radius 3 is 2.70 bits per heavy atom. The monoisotopic (exact) mass is 395 g/mol. The summed E-state index contributed by atoms with van der Waals surface area (Å²) < 4.78 is 9.82. The molecule has 0 bridgehead atoms. The molecule has 0 N–H and O–H groups in total. The van der Waals surface area contributed by atoms with Crippen LogP contribution in [0.25, 0.3) is 16.3 Å². The Hall–Kier alpha value is -2.24. The molecule has 1 aliphatic rings. The number of fused-ring (bicyclic) bond motifs is 2. The molecule has 3 aromatic rings. The number of benzene rings is 2. The van der Waals surface area contributed by atoms with Gasteiger partial charge in [-0.25, -0.2) is 0 Å². The molecule has 0 fully saturated rings. The second-order valence-corrected chi connectivity index (χ2v) is 8.14. The zero-order valence-corrected chi connectivity index (χ0v) is 17.4. The molecule has 0 spiro atoms. The molecule has 0 radical (unpaired) electrons. The van der Waals surface area contributed by atoms with Crippen molar-refractivity contribution in [3.8, 4) is 5.75 Å². The van der Waals surface area contributed by atoms with Crippen LogP contribution in [0.3, 0.4) is 0 Å². The minimum absolute atomic E-state index is 0.877. The number of ether oxygens (including phenoxy) is 1. The van der Waals surface area contributed by atoms with Gasteiger partial charge in [-0.1, -0.05) is 35.6 Å². The molecule has 2 heterocycles. The Kier molecular flexibility index (Phi) is 5.23. The fraction of sp³-hybridized carbons (Fsp3) is 0.227. The molecule has 1 aromatic heterocycles. The Morgan fingerprint density at radius 1 is 1.15 bits per heavy atom. The highest BCUT2D eigenvalue weighted by Gasteiger charge is 2.25. The summed E-state index contributed by atoms with van der Waals surface area (Å²) in [5, 5.41) is 1.26. The first-order valence-corrected chi connectivity index (χ1v) is 11.2. The summed E-state index contributed by atoms with van der Waals surface area (Å²) in [4.78, 5) is 3.41. The van der Waals surface area contributed by atoms with Gasteiger partial charge in [0, 0.05) is 29.7 Å². The molecule has 27 heavy (non-hydrogen) atoms. The standard InChI is InChI=1S/C22H23N2OS2/c1-4-23-17-10-6-8-12-19(17)25-21(23)14-16(26-3)15-22-24(5-2)18-11-7-9-13-20(18)27-22/h6-15H,4-5H2,1-3H3/q+1. The van der Waals surface area contributed by atoms with Crippen LogP contribution >= 0.6 is 23.1 Å². The number of thioether (sulfide) groups is 1. The summed E-state index contributed by atoms with van der Waals surface area (Å²) in [6, 6.07) is 16.8. The summed E-state index contributed by atoms with van der Waals surface area (Å²) in [5.41, 5.74) is 2.43. The number of aryl methyl sites for hydroxylation is 1. The van der Waals surface area contributed by atoms with Crippen molar-refractivity contribution >= 4 is 45.1 Å². The molecule has 0 saturated carbocycles. The first-order valence-electron chi connectivity index (χ1n) is 9.18. The van der Waals surface area contributed by atoms with Crippen molar-refractivity contribution < 1.29 is 9.30 Å². The van der Waals surface area contributed by atoms with Crippen LogP contribution in [0, 0.1) is 0 Å². The van der Waals surface area contributed by atoms with Crippen LogP contribution in [-0.2, 0) is 6.54 Å². The van der Waals surface area contributed by atoms with E-state index in [-0.39, 0.29) is 0 Å². The first kappa shape index (κ1) is 18.1. The summed E-state index contributed by atoms with van der Waals surface area (Å²) in [6.45, 7) is 6.18. The summed E-state index contributed by atoms with van der Waals surface area (Å²) >= 11 is 3.58. The second-order valence-electron chi connectivity index (χ2n) is 6.20. The lowest BCUT2D eigenvalue weighted by Crippen LogP contribution is -2.33. The maximum atomic E-state index is 6.13. The zero-order chi connectivity index (χ0) is 18.8. The van der Waals surface area contributed by atoms with Gasteiger partial charge in [-0.05, 0) is 38.3 Å². The predicted octanol–water partition coefficient (Wildman–Crippen LogP) is 5.67. The van der Waals surface area contributed by atoms with E-state index in [2.05, 4.69) is 78.1 Å². The average molecular weight is 396 g/mol. The van der Waals surface area contributed by atoms with Crippen molar-refractivity contribution in [3.63, 3.8) is 0 Å². The van der Waals surface area contributed by atoms with E-state index in [1.807, 2.05) is 23.5 Å². The van der Waals surface area contributed by atoms with Crippen LogP contribution < -0.4 is 14.2 Å². The molecule has 0 aliphatic carbocycles. The molecule has 0 atom stereocenters. The van der Waals surface area contributed by atoms with Gasteiger partial charge in [-0.2, -0.15) is 4.57 Å². The number of rotatable bonds is 5. The van der Waals surface area contributed by atoms with Crippen molar-refractivity contribution in [1.82, 2.24) is 0 Å². The van der Waals surface area contributed by atoms with Crippen LogP contribution in [0.15, 0.2) is 65.4 Å². The number of para-hydroxylation sites is 3. The molecule has 1 aliphatic heterocycles. The van der Waals surface area contributed by atoms with Crippen LogP contribution in [0.5, 0.6) is 5.75 Å². The molecule has 0 saturated heterocycles. The third-order valence-electron chi connectivity index (χ3n) is 4.67.